The molecule has 0 unspecified atom stereocenters. The second kappa shape index (κ2) is 12.9. The number of hydrogen-bond acceptors (Lipinski definition) is 4. The lowest BCUT2D eigenvalue weighted by molar-refractivity contribution is -0.141. The zero-order valence-electron chi connectivity index (χ0n) is 21.7. The van der Waals surface area contributed by atoms with Crippen LogP contribution in [-0.2, 0) is 32.6 Å². The Hall–Kier alpha value is -2.87. The van der Waals surface area contributed by atoms with E-state index in [-0.39, 0.29) is 30.8 Å². The topological polar surface area (TPSA) is 86.8 Å². The number of nitrogens with one attached hydrogen (secondary N) is 1. The number of sulfonamides is 1. The monoisotopic (exact) mass is 513 g/mol. The summed E-state index contributed by atoms with van der Waals surface area (Å²) in [5.41, 5.74) is 2.66. The Morgan fingerprint density at radius 3 is 2.22 bits per heavy atom. The lowest BCUT2D eigenvalue weighted by Crippen LogP contribution is -2.49. The summed E-state index contributed by atoms with van der Waals surface area (Å²) < 4.78 is 26.3. The number of rotatable bonds is 12. The molecule has 36 heavy (non-hydrogen) atoms. The van der Waals surface area contributed by atoms with Gasteiger partial charge in [-0.05, 0) is 55.9 Å². The van der Waals surface area contributed by atoms with Crippen LogP contribution >= 0.6 is 0 Å². The third-order valence-electron chi connectivity index (χ3n) is 6.85. The first-order valence-electron chi connectivity index (χ1n) is 12.9. The molecule has 2 amide bonds. The van der Waals surface area contributed by atoms with E-state index in [4.69, 9.17) is 0 Å². The quantitative estimate of drug-likeness (QED) is 0.459. The lowest BCUT2D eigenvalue weighted by Gasteiger charge is -2.30. The van der Waals surface area contributed by atoms with Crippen molar-refractivity contribution in [3.63, 3.8) is 0 Å². The molecule has 196 valence electrons. The van der Waals surface area contributed by atoms with Crippen molar-refractivity contribution in [3.8, 4) is 0 Å². The molecule has 3 rings (SSSR count). The predicted molar refractivity (Wildman–Crippen MR) is 144 cm³/mol. The second-order valence-corrected chi connectivity index (χ2v) is 11.5. The van der Waals surface area contributed by atoms with Gasteiger partial charge >= 0.3 is 0 Å². The molecule has 0 spiro atoms. The minimum absolute atomic E-state index is 0.139. The van der Waals surface area contributed by atoms with Crippen LogP contribution in [-0.4, -0.2) is 50.0 Å². The number of benzene rings is 2. The average Bonchev–Trinajstić information content (AvgIpc) is 3.37. The van der Waals surface area contributed by atoms with Gasteiger partial charge in [0, 0.05) is 25.6 Å². The highest BCUT2D eigenvalue weighted by atomic mass is 32.2. The summed E-state index contributed by atoms with van der Waals surface area (Å²) in [6.45, 7) is 4.33. The molecule has 1 fully saturated rings. The van der Waals surface area contributed by atoms with Crippen molar-refractivity contribution in [3.05, 3.63) is 65.7 Å². The van der Waals surface area contributed by atoms with Crippen LogP contribution in [0.1, 0.15) is 63.5 Å². The van der Waals surface area contributed by atoms with Crippen molar-refractivity contribution < 1.29 is 18.0 Å². The van der Waals surface area contributed by atoms with E-state index in [1.165, 1.54) is 10.6 Å². The smallest absolute Gasteiger partial charge is 0.242 e. The van der Waals surface area contributed by atoms with Crippen molar-refractivity contribution >= 4 is 27.5 Å². The van der Waals surface area contributed by atoms with Gasteiger partial charge in [0.05, 0.1) is 11.9 Å². The first-order chi connectivity index (χ1) is 17.2. The molecular formula is C28H39N3O4S. The highest BCUT2D eigenvalue weighted by Gasteiger charge is 2.28. The van der Waals surface area contributed by atoms with Gasteiger partial charge in [-0.15, -0.1) is 0 Å². The van der Waals surface area contributed by atoms with Crippen LogP contribution in [0.4, 0.5) is 5.69 Å². The Kier molecular flexibility index (Phi) is 9.93. The van der Waals surface area contributed by atoms with Gasteiger partial charge in [-0.3, -0.25) is 13.9 Å². The Balaban J connectivity index is 1.68. The first kappa shape index (κ1) is 27.7. The SMILES string of the molecule is CCc1ccc(N(CCCC(=O)N(Cc2ccccc2)[C@H](C)C(=O)NC2CCCC2)S(C)(=O)=O)cc1. The Bertz CT molecular complexity index is 1100. The summed E-state index contributed by atoms with van der Waals surface area (Å²) in [4.78, 5) is 28.0. The largest absolute Gasteiger partial charge is 0.352 e. The van der Waals surface area contributed by atoms with E-state index < -0.39 is 16.1 Å². The van der Waals surface area contributed by atoms with E-state index in [2.05, 4.69) is 5.32 Å². The third-order valence-corrected chi connectivity index (χ3v) is 8.04. The molecule has 1 N–H and O–H groups in total. The predicted octanol–water partition coefficient (Wildman–Crippen LogP) is 4.27. The molecule has 7 nitrogen and oxygen atoms in total. The van der Waals surface area contributed by atoms with Crippen LogP contribution in [0.25, 0.3) is 0 Å². The summed E-state index contributed by atoms with van der Waals surface area (Å²) in [6.07, 6.45) is 6.74. The normalized spacial score (nSPS) is 14.9. The molecule has 2 aromatic carbocycles. The molecule has 1 atom stereocenters. The van der Waals surface area contributed by atoms with Crippen LogP contribution in [0.15, 0.2) is 54.6 Å². The van der Waals surface area contributed by atoms with Crippen molar-refractivity contribution in [1.82, 2.24) is 10.2 Å². The van der Waals surface area contributed by atoms with E-state index >= 15 is 0 Å². The summed E-state index contributed by atoms with van der Waals surface area (Å²) in [7, 11) is -3.50. The summed E-state index contributed by atoms with van der Waals surface area (Å²) >= 11 is 0. The van der Waals surface area contributed by atoms with Crippen molar-refractivity contribution in [2.75, 3.05) is 17.1 Å². The highest BCUT2D eigenvalue weighted by molar-refractivity contribution is 7.92. The fourth-order valence-corrected chi connectivity index (χ4v) is 5.62. The van der Waals surface area contributed by atoms with Crippen molar-refractivity contribution in [2.45, 2.75) is 77.4 Å². The highest BCUT2D eigenvalue weighted by Crippen LogP contribution is 2.21. The van der Waals surface area contributed by atoms with Crippen LogP contribution in [0.3, 0.4) is 0 Å². The molecule has 1 saturated carbocycles. The molecule has 8 heteroatoms. The summed E-state index contributed by atoms with van der Waals surface area (Å²) in [5.74, 6) is -0.303. The summed E-state index contributed by atoms with van der Waals surface area (Å²) in [5, 5.41) is 3.10. The van der Waals surface area contributed by atoms with E-state index in [9.17, 15) is 18.0 Å². The molecule has 0 aliphatic heterocycles. The van der Waals surface area contributed by atoms with E-state index in [1.807, 2.05) is 49.4 Å². The second-order valence-electron chi connectivity index (χ2n) is 9.63. The Morgan fingerprint density at radius 2 is 1.64 bits per heavy atom. The number of hydrogen-bond donors (Lipinski definition) is 1. The van der Waals surface area contributed by atoms with Crippen LogP contribution in [0.5, 0.6) is 0 Å². The molecule has 0 radical (unpaired) electrons. The van der Waals surface area contributed by atoms with Crippen molar-refractivity contribution in [2.24, 2.45) is 0 Å². The van der Waals surface area contributed by atoms with Gasteiger partial charge < -0.3 is 10.2 Å². The van der Waals surface area contributed by atoms with E-state index in [0.29, 0.717) is 18.7 Å². The van der Waals surface area contributed by atoms with E-state index in [0.717, 1.165) is 43.2 Å². The summed E-state index contributed by atoms with van der Waals surface area (Å²) in [6, 6.07) is 16.6. The Morgan fingerprint density at radius 1 is 1.00 bits per heavy atom. The molecule has 0 heterocycles. The molecule has 0 saturated heterocycles. The molecule has 0 aromatic heterocycles. The fraction of sp³-hybridized carbons (Fsp3) is 0.500. The fourth-order valence-electron chi connectivity index (χ4n) is 4.66. The molecule has 2 aromatic rings. The number of aryl methyl sites for hydroxylation is 1. The minimum Gasteiger partial charge on any atom is -0.352 e. The molecule has 1 aliphatic carbocycles. The Labute approximate surface area is 215 Å². The van der Waals surface area contributed by atoms with Gasteiger partial charge in [-0.1, -0.05) is 62.2 Å². The average molecular weight is 514 g/mol. The van der Waals surface area contributed by atoms with Gasteiger partial charge in [-0.25, -0.2) is 8.42 Å². The zero-order chi connectivity index (χ0) is 26.1. The molecule has 1 aliphatic rings. The maximum absolute atomic E-state index is 13.4. The first-order valence-corrected chi connectivity index (χ1v) is 14.7. The van der Waals surface area contributed by atoms with Crippen LogP contribution in [0.2, 0.25) is 0 Å². The van der Waals surface area contributed by atoms with Crippen LogP contribution < -0.4 is 9.62 Å². The van der Waals surface area contributed by atoms with Gasteiger partial charge in [0.25, 0.3) is 0 Å². The number of carbonyl (C=O) groups is 2. The lowest BCUT2D eigenvalue weighted by atomic mass is 10.1. The third kappa shape index (κ3) is 7.82. The standard InChI is InChI=1S/C28H39N3O4S/c1-4-23-16-18-26(19-17-23)31(36(3,34)35)20-10-15-27(32)30(21-24-11-6-5-7-12-24)22(2)28(33)29-25-13-8-9-14-25/h5-7,11-12,16-19,22,25H,4,8-10,13-15,20-21H2,1-3H3,(H,29,33)/t22-/m1/s1. The van der Waals surface area contributed by atoms with Crippen LogP contribution in [0, 0.1) is 0 Å². The van der Waals surface area contributed by atoms with Gasteiger partial charge in [0.15, 0.2) is 0 Å². The minimum atomic E-state index is -3.50. The number of carbonyl (C=O) groups excluding carboxylic acids is 2. The number of anilines is 1. The van der Waals surface area contributed by atoms with Gasteiger partial charge in [0.1, 0.15) is 6.04 Å². The van der Waals surface area contributed by atoms with Crippen molar-refractivity contribution in [1.29, 1.82) is 0 Å². The molecule has 0 bridgehead atoms. The number of nitrogens with zero attached hydrogens (tertiary/aromatic N) is 2. The zero-order valence-corrected chi connectivity index (χ0v) is 22.5. The van der Waals surface area contributed by atoms with Gasteiger partial charge in [-0.2, -0.15) is 0 Å². The molecular weight excluding hydrogens is 474 g/mol. The maximum Gasteiger partial charge on any atom is 0.242 e. The van der Waals surface area contributed by atoms with Gasteiger partial charge in [0.2, 0.25) is 21.8 Å². The maximum atomic E-state index is 13.4. The van der Waals surface area contributed by atoms with E-state index in [1.54, 1.807) is 24.0 Å². The number of amides is 2.